The van der Waals surface area contributed by atoms with Crippen molar-refractivity contribution in [3.05, 3.63) is 60.9 Å². The number of aliphatic carboxylic acids is 1. The Kier molecular flexibility index (Phi) is 8.12. The molecule has 12 nitrogen and oxygen atoms in total. The average Bonchev–Trinajstić information content (AvgIpc) is 3.51. The first-order valence-corrected chi connectivity index (χ1v) is 13.3. The number of carboxylic acids is 1. The molecule has 0 bridgehead atoms. The summed E-state index contributed by atoms with van der Waals surface area (Å²) < 4.78 is 42.0. The van der Waals surface area contributed by atoms with Crippen LogP contribution >= 0.6 is 0 Å². The lowest BCUT2D eigenvalue weighted by molar-refractivity contribution is -0.138. The van der Waals surface area contributed by atoms with Crippen LogP contribution in [-0.2, 0) is 31.0 Å². The van der Waals surface area contributed by atoms with Gasteiger partial charge < -0.3 is 28.9 Å². The van der Waals surface area contributed by atoms with Gasteiger partial charge in [0.25, 0.3) is 0 Å². The molecule has 204 valence electrons. The lowest BCUT2D eigenvalue weighted by Gasteiger charge is -2.21. The fourth-order valence-corrected chi connectivity index (χ4v) is 5.32. The average molecular weight is 555 g/mol. The minimum Gasteiger partial charge on any atom is -0.487 e. The summed E-state index contributed by atoms with van der Waals surface area (Å²) in [5, 5.41) is 11.6. The molecular weight excluding hydrogens is 528 g/mol. The zero-order valence-electron chi connectivity index (χ0n) is 21.0. The molecule has 1 amide bonds. The maximum absolute atomic E-state index is 13.2. The largest absolute Gasteiger partial charge is 0.487 e. The number of benzene rings is 2. The van der Waals surface area contributed by atoms with Crippen molar-refractivity contribution in [1.29, 1.82) is 0 Å². The molecule has 0 fully saturated rings. The first kappa shape index (κ1) is 27.5. The van der Waals surface area contributed by atoms with E-state index in [9.17, 15) is 22.8 Å². The number of amides is 1. The van der Waals surface area contributed by atoms with E-state index in [1.165, 1.54) is 31.4 Å². The molecule has 1 unspecified atom stereocenters. The van der Waals surface area contributed by atoms with Crippen LogP contribution < -0.4 is 14.8 Å². The fourth-order valence-electron chi connectivity index (χ4n) is 4.04. The zero-order valence-corrected chi connectivity index (χ0v) is 21.8. The van der Waals surface area contributed by atoms with E-state index in [-0.39, 0.29) is 35.1 Å². The number of anilines is 1. The summed E-state index contributed by atoms with van der Waals surface area (Å²) in [7, 11) is -4.40. The minimum atomic E-state index is -4.40. The number of aldehydes is 1. The van der Waals surface area contributed by atoms with Gasteiger partial charge in [-0.25, -0.2) is 18.1 Å². The molecule has 0 saturated carbocycles. The van der Waals surface area contributed by atoms with Crippen molar-refractivity contribution in [2.75, 3.05) is 5.32 Å². The van der Waals surface area contributed by atoms with E-state index < -0.39 is 34.6 Å². The molecule has 2 atom stereocenters. The number of nitrogens with zero attached hydrogens (tertiary/aromatic N) is 2. The summed E-state index contributed by atoms with van der Waals surface area (Å²) in [6.07, 6.45) is 0.385. The quantitative estimate of drug-likeness (QED) is 0.223. The van der Waals surface area contributed by atoms with Crippen LogP contribution in [0.2, 0.25) is 0 Å². The number of imidazole rings is 1. The van der Waals surface area contributed by atoms with Crippen molar-refractivity contribution in [2.45, 2.75) is 43.9 Å². The fraction of sp³-hybridized carbons (Fsp3) is 0.231. The first-order chi connectivity index (χ1) is 18.6. The van der Waals surface area contributed by atoms with E-state index >= 15 is 0 Å². The zero-order chi connectivity index (χ0) is 28.2. The van der Waals surface area contributed by atoms with E-state index in [0.717, 1.165) is 11.0 Å². The molecule has 3 N–H and O–H groups in total. The van der Waals surface area contributed by atoms with Gasteiger partial charge in [-0.2, -0.15) is 0 Å². The molecule has 0 aliphatic carbocycles. The Labute approximate surface area is 223 Å². The summed E-state index contributed by atoms with van der Waals surface area (Å²) in [6.45, 7) is 3.27. The third-order valence-corrected chi connectivity index (χ3v) is 7.11. The second-order valence-corrected chi connectivity index (χ2v) is 10.4. The molecule has 0 saturated heterocycles. The van der Waals surface area contributed by atoms with Gasteiger partial charge in [-0.1, -0.05) is 12.1 Å². The highest BCUT2D eigenvalue weighted by Crippen LogP contribution is 2.30. The van der Waals surface area contributed by atoms with Crippen LogP contribution in [0.25, 0.3) is 22.6 Å². The summed E-state index contributed by atoms with van der Waals surface area (Å²) in [5.41, 5.74) is 1.82. The van der Waals surface area contributed by atoms with Crippen LogP contribution in [0.15, 0.2) is 70.2 Å². The number of hydrogen-bond donors (Lipinski definition) is 3. The number of carbonyl (C=O) groups is 3. The van der Waals surface area contributed by atoms with E-state index in [0.29, 0.717) is 11.6 Å². The summed E-state index contributed by atoms with van der Waals surface area (Å²) >= 11 is 0. The second-order valence-electron chi connectivity index (χ2n) is 8.74. The lowest BCUT2D eigenvalue weighted by Crippen LogP contribution is -2.37. The van der Waals surface area contributed by atoms with Gasteiger partial charge in [-0.05, 0) is 43.3 Å². The molecule has 4 aromatic rings. The number of sulfonamides is 1. The Morgan fingerprint density at radius 3 is 2.62 bits per heavy atom. The van der Waals surface area contributed by atoms with Crippen LogP contribution in [0.1, 0.15) is 20.3 Å². The van der Waals surface area contributed by atoms with Crippen LogP contribution in [-0.4, -0.2) is 53.4 Å². The monoisotopic (exact) mass is 554 g/mol. The van der Waals surface area contributed by atoms with Crippen molar-refractivity contribution in [1.82, 2.24) is 14.3 Å². The maximum atomic E-state index is 13.2. The molecule has 0 spiro atoms. The van der Waals surface area contributed by atoms with Gasteiger partial charge in [-0.3, -0.25) is 9.59 Å². The van der Waals surface area contributed by atoms with Crippen molar-refractivity contribution in [2.24, 2.45) is 0 Å². The van der Waals surface area contributed by atoms with Crippen molar-refractivity contribution >= 4 is 44.9 Å². The van der Waals surface area contributed by atoms with Gasteiger partial charge in [0, 0.05) is 18.7 Å². The van der Waals surface area contributed by atoms with E-state index in [1.807, 2.05) is 28.8 Å². The third kappa shape index (κ3) is 6.51. The number of rotatable bonds is 12. The molecule has 2 aromatic carbocycles. The number of nitrogens with one attached hydrogen (secondary N) is 2. The molecule has 0 aliphatic rings. The standard InChI is InChI=1S/C26H26N4O8S/c1-16(14-30-21-7-4-3-6-20(21)28-26(30)22-8-5-11-37-22)38-23-12-18(27-17(2)32)9-10-24(23)39(35,36)29-19(15-31)13-25(33)34/h3-12,15-16,19,29H,13-14H2,1-2H3,(H,27,32)(H,33,34)/t16-,19?/m1/s1. The van der Waals surface area contributed by atoms with Crippen LogP contribution in [0.3, 0.4) is 0 Å². The minimum absolute atomic E-state index is 0.106. The van der Waals surface area contributed by atoms with E-state index in [4.69, 9.17) is 14.3 Å². The van der Waals surface area contributed by atoms with Gasteiger partial charge in [0.2, 0.25) is 15.9 Å². The predicted molar refractivity (Wildman–Crippen MR) is 141 cm³/mol. The first-order valence-electron chi connectivity index (χ1n) is 11.8. The molecule has 13 heteroatoms. The normalized spacial score (nSPS) is 13.1. The SMILES string of the molecule is CC(=O)Nc1ccc(S(=O)(=O)NC(C=O)CC(=O)O)c(O[C@H](C)Cn2c(-c3ccco3)nc3ccccc32)c1. The Morgan fingerprint density at radius 1 is 1.18 bits per heavy atom. The Hall–Kier alpha value is -4.49. The number of ether oxygens (including phenoxy) is 1. The van der Waals surface area contributed by atoms with Gasteiger partial charge in [0.05, 0.1) is 36.3 Å². The summed E-state index contributed by atoms with van der Waals surface area (Å²) in [4.78, 5) is 38.3. The molecule has 0 radical (unpaired) electrons. The number of carboxylic acid groups (broad SMARTS) is 1. The van der Waals surface area contributed by atoms with Crippen LogP contribution in [0, 0.1) is 0 Å². The smallest absolute Gasteiger partial charge is 0.305 e. The Morgan fingerprint density at radius 2 is 1.95 bits per heavy atom. The molecular formula is C26H26N4O8S. The highest BCUT2D eigenvalue weighted by atomic mass is 32.2. The third-order valence-electron chi connectivity index (χ3n) is 5.58. The Balaban J connectivity index is 1.68. The lowest BCUT2D eigenvalue weighted by atomic mass is 10.2. The molecule has 4 rings (SSSR count). The van der Waals surface area contributed by atoms with Crippen LogP contribution in [0.5, 0.6) is 5.75 Å². The number of carbonyl (C=O) groups excluding carboxylic acids is 2. The van der Waals surface area contributed by atoms with Crippen molar-refractivity contribution in [3.63, 3.8) is 0 Å². The predicted octanol–water partition coefficient (Wildman–Crippen LogP) is 3.04. The number of furan rings is 1. The molecule has 0 aliphatic heterocycles. The molecule has 2 heterocycles. The Bertz CT molecular complexity index is 1610. The molecule has 39 heavy (non-hydrogen) atoms. The number of fused-ring (bicyclic) bond motifs is 1. The van der Waals surface area contributed by atoms with Gasteiger partial charge >= 0.3 is 5.97 Å². The van der Waals surface area contributed by atoms with E-state index in [2.05, 4.69) is 15.0 Å². The van der Waals surface area contributed by atoms with Crippen molar-refractivity contribution < 1.29 is 37.1 Å². The second kappa shape index (κ2) is 11.5. The topological polar surface area (TPSA) is 170 Å². The number of para-hydroxylation sites is 2. The van der Waals surface area contributed by atoms with E-state index in [1.54, 1.807) is 19.1 Å². The maximum Gasteiger partial charge on any atom is 0.305 e. The van der Waals surface area contributed by atoms with Crippen LogP contribution in [0.4, 0.5) is 5.69 Å². The highest BCUT2D eigenvalue weighted by Gasteiger charge is 2.27. The van der Waals surface area contributed by atoms with Gasteiger partial charge in [-0.15, -0.1) is 0 Å². The van der Waals surface area contributed by atoms with Crippen molar-refractivity contribution in [3.8, 4) is 17.3 Å². The number of hydrogen-bond acceptors (Lipinski definition) is 8. The number of aromatic nitrogens is 2. The van der Waals surface area contributed by atoms with Gasteiger partial charge in [0.1, 0.15) is 23.0 Å². The summed E-state index contributed by atoms with van der Waals surface area (Å²) in [6, 6.07) is 13.4. The van der Waals surface area contributed by atoms with Gasteiger partial charge in [0.15, 0.2) is 11.6 Å². The molecule has 2 aromatic heterocycles. The summed E-state index contributed by atoms with van der Waals surface area (Å²) in [5.74, 6) is -0.735. The highest BCUT2D eigenvalue weighted by molar-refractivity contribution is 7.89.